The Balaban J connectivity index is 0. The molecule has 0 amide bonds. The van der Waals surface area contributed by atoms with E-state index < -0.39 is 30.0 Å². The van der Waals surface area contributed by atoms with Gasteiger partial charge in [-0.25, -0.2) is 16.8 Å². The number of anilines is 1. The molecule has 0 aromatic heterocycles. The molecule has 100 valence electrons. The van der Waals surface area contributed by atoms with Crippen molar-refractivity contribution in [1.29, 1.82) is 0 Å². The maximum Gasteiger partial charge on any atom is 1.00 e. The van der Waals surface area contributed by atoms with Crippen molar-refractivity contribution in [3.05, 3.63) is 18.2 Å². The van der Waals surface area contributed by atoms with Crippen molar-refractivity contribution >= 4 is 43.3 Å². The standard InChI is InChI=1S/C7H8N2O6S3.2Na/c8-7(16)9-4-1-5(17(10,11)12)3-6(2-4)18(13,14)15;;/h1-3H,(H3,8,9,16)(H,10,11,12)(H,13,14,15);;/q;2*+1/p-2. The molecule has 0 saturated carbocycles. The zero-order chi connectivity index (χ0) is 14.1. The molecule has 1 aromatic rings. The second kappa shape index (κ2) is 8.39. The van der Waals surface area contributed by atoms with E-state index in [0.29, 0.717) is 6.07 Å². The molecular weight excluding hydrogens is 350 g/mol. The molecule has 0 heterocycles. The van der Waals surface area contributed by atoms with Crippen molar-refractivity contribution in [2.45, 2.75) is 9.79 Å². The van der Waals surface area contributed by atoms with Crippen molar-refractivity contribution in [1.82, 2.24) is 0 Å². The second-order valence-electron chi connectivity index (χ2n) is 3.09. The predicted octanol–water partition coefficient (Wildman–Crippen LogP) is -6.84. The fourth-order valence-electron chi connectivity index (χ4n) is 1.07. The van der Waals surface area contributed by atoms with E-state index in [1.54, 1.807) is 0 Å². The monoisotopic (exact) mass is 356 g/mol. The summed E-state index contributed by atoms with van der Waals surface area (Å²) in [5.41, 5.74) is 4.92. The van der Waals surface area contributed by atoms with E-state index in [1.165, 1.54) is 0 Å². The molecule has 1 rings (SSSR count). The minimum atomic E-state index is -4.92. The van der Waals surface area contributed by atoms with Crippen LogP contribution in [-0.2, 0) is 20.2 Å². The molecule has 0 atom stereocenters. The number of nitrogens with two attached hydrogens (primary N) is 1. The fourth-order valence-corrected chi connectivity index (χ4v) is 2.35. The van der Waals surface area contributed by atoms with Gasteiger partial charge in [0.2, 0.25) is 0 Å². The van der Waals surface area contributed by atoms with Crippen molar-refractivity contribution < 1.29 is 85.1 Å². The van der Waals surface area contributed by atoms with Gasteiger partial charge in [-0.1, -0.05) is 0 Å². The van der Waals surface area contributed by atoms with Crippen LogP contribution in [0.2, 0.25) is 0 Å². The molecule has 1 aromatic carbocycles. The van der Waals surface area contributed by atoms with E-state index in [9.17, 15) is 25.9 Å². The van der Waals surface area contributed by atoms with Crippen LogP contribution in [0.3, 0.4) is 0 Å². The van der Waals surface area contributed by atoms with Crippen molar-refractivity contribution in [2.75, 3.05) is 5.32 Å². The van der Waals surface area contributed by atoms with Gasteiger partial charge in [-0.2, -0.15) is 0 Å². The molecule has 0 saturated heterocycles. The van der Waals surface area contributed by atoms with E-state index in [-0.39, 0.29) is 69.9 Å². The maximum absolute atomic E-state index is 10.8. The van der Waals surface area contributed by atoms with E-state index in [1.807, 2.05) is 0 Å². The van der Waals surface area contributed by atoms with E-state index in [4.69, 9.17) is 5.73 Å². The summed E-state index contributed by atoms with van der Waals surface area (Å²) in [6.07, 6.45) is 0. The summed E-state index contributed by atoms with van der Waals surface area (Å²) in [6, 6.07) is 2.10. The van der Waals surface area contributed by atoms with Gasteiger partial charge >= 0.3 is 59.1 Å². The SMILES string of the molecule is NC(=S)Nc1cc(S(=O)(=O)[O-])cc(S(=O)(=O)[O-])c1.[Na+].[Na+]. The van der Waals surface area contributed by atoms with E-state index in [0.717, 1.165) is 12.1 Å². The zero-order valence-corrected chi connectivity index (χ0v) is 16.9. The van der Waals surface area contributed by atoms with Gasteiger partial charge in [0.05, 0.1) is 9.79 Å². The maximum atomic E-state index is 10.8. The number of hydrogen-bond donors (Lipinski definition) is 2. The summed E-state index contributed by atoms with van der Waals surface area (Å²) in [4.78, 5) is -1.75. The van der Waals surface area contributed by atoms with Gasteiger partial charge in [0.25, 0.3) is 0 Å². The Kier molecular flexibility index (Phi) is 9.64. The predicted molar refractivity (Wildman–Crippen MR) is 62.8 cm³/mol. The molecule has 0 unspecified atom stereocenters. The Bertz CT molecular complexity index is 653. The van der Waals surface area contributed by atoms with Crippen LogP contribution in [0.1, 0.15) is 0 Å². The number of hydrogen-bond acceptors (Lipinski definition) is 7. The molecule has 13 heteroatoms. The van der Waals surface area contributed by atoms with Crippen LogP contribution in [-0.4, -0.2) is 31.1 Å². The van der Waals surface area contributed by atoms with Crippen LogP contribution < -0.4 is 70.2 Å². The Morgan fingerprint density at radius 3 is 1.60 bits per heavy atom. The Hall–Kier alpha value is 0.730. The van der Waals surface area contributed by atoms with E-state index in [2.05, 4.69) is 17.5 Å². The van der Waals surface area contributed by atoms with Crippen LogP contribution in [0.15, 0.2) is 28.0 Å². The molecule has 8 nitrogen and oxygen atoms in total. The molecule has 0 aliphatic rings. The van der Waals surface area contributed by atoms with Gasteiger partial charge in [0.1, 0.15) is 20.2 Å². The topological polar surface area (TPSA) is 152 Å². The van der Waals surface area contributed by atoms with Crippen LogP contribution >= 0.6 is 12.2 Å². The molecular formula is C7H6N2Na2O6S3. The molecule has 0 fully saturated rings. The smallest absolute Gasteiger partial charge is 0.744 e. The number of nitrogens with one attached hydrogen (secondary N) is 1. The third-order valence-corrected chi connectivity index (χ3v) is 3.45. The number of benzene rings is 1. The van der Waals surface area contributed by atoms with Gasteiger partial charge in [-0.15, -0.1) is 0 Å². The Labute approximate surface area is 165 Å². The van der Waals surface area contributed by atoms with Crippen LogP contribution in [0.25, 0.3) is 0 Å². The number of rotatable bonds is 3. The summed E-state index contributed by atoms with van der Waals surface area (Å²) in [5.74, 6) is 0. The van der Waals surface area contributed by atoms with Crippen molar-refractivity contribution in [2.24, 2.45) is 5.73 Å². The average molecular weight is 356 g/mol. The molecule has 0 radical (unpaired) electrons. The molecule has 20 heavy (non-hydrogen) atoms. The molecule has 0 aliphatic carbocycles. The van der Waals surface area contributed by atoms with Gasteiger partial charge in [0, 0.05) is 5.69 Å². The minimum Gasteiger partial charge on any atom is -0.744 e. The Morgan fingerprint density at radius 1 is 1.00 bits per heavy atom. The van der Waals surface area contributed by atoms with Crippen LogP contribution in [0.5, 0.6) is 0 Å². The third-order valence-electron chi connectivity index (χ3n) is 1.72. The van der Waals surface area contributed by atoms with Gasteiger partial charge in [-0.05, 0) is 30.4 Å². The molecule has 0 aliphatic heterocycles. The quantitative estimate of drug-likeness (QED) is 0.306. The first kappa shape index (κ1) is 23.0. The molecule has 0 spiro atoms. The van der Waals surface area contributed by atoms with Gasteiger partial charge in [0.15, 0.2) is 5.11 Å². The third kappa shape index (κ3) is 7.13. The average Bonchev–Trinajstić information content (AvgIpc) is 2.13. The summed E-state index contributed by atoms with van der Waals surface area (Å²) in [5, 5.41) is 1.94. The summed E-state index contributed by atoms with van der Waals surface area (Å²) < 4.78 is 64.8. The van der Waals surface area contributed by atoms with Crippen molar-refractivity contribution in [3.63, 3.8) is 0 Å². The summed E-state index contributed by atoms with van der Waals surface area (Å²) in [6.45, 7) is 0. The van der Waals surface area contributed by atoms with Crippen LogP contribution in [0.4, 0.5) is 5.69 Å². The minimum absolute atomic E-state index is 0. The first-order valence-electron chi connectivity index (χ1n) is 4.13. The van der Waals surface area contributed by atoms with Crippen LogP contribution in [0, 0.1) is 0 Å². The summed E-state index contributed by atoms with van der Waals surface area (Å²) in [7, 11) is -9.84. The van der Waals surface area contributed by atoms with E-state index >= 15 is 0 Å². The summed E-state index contributed by atoms with van der Waals surface area (Å²) >= 11 is 4.46. The second-order valence-corrected chi connectivity index (χ2v) is 6.29. The normalized spacial score (nSPS) is 10.9. The first-order valence-corrected chi connectivity index (χ1v) is 7.36. The van der Waals surface area contributed by atoms with Crippen molar-refractivity contribution in [3.8, 4) is 0 Å². The largest absolute Gasteiger partial charge is 1.00 e. The number of thiocarbonyl (C=S) groups is 1. The Morgan fingerprint density at radius 2 is 1.35 bits per heavy atom. The van der Waals surface area contributed by atoms with Gasteiger partial charge < -0.3 is 20.2 Å². The first-order chi connectivity index (χ1) is 8.00. The molecule has 3 N–H and O–H groups in total. The zero-order valence-electron chi connectivity index (χ0n) is 10.5. The molecule has 0 bridgehead atoms. The fraction of sp³-hybridized carbons (Fsp3) is 0. The van der Waals surface area contributed by atoms with Gasteiger partial charge in [-0.3, -0.25) is 0 Å².